The molecule has 23 heavy (non-hydrogen) atoms. The van der Waals surface area contributed by atoms with Crippen LogP contribution in [0.4, 0.5) is 0 Å². The molecule has 0 heterocycles. The van der Waals surface area contributed by atoms with Crippen molar-refractivity contribution in [1.29, 1.82) is 0 Å². The molecule has 0 saturated heterocycles. The van der Waals surface area contributed by atoms with Gasteiger partial charge in [-0.15, -0.1) is 0 Å². The maximum absolute atomic E-state index is 12.7. The summed E-state index contributed by atoms with van der Waals surface area (Å²) in [6, 6.07) is 0. The van der Waals surface area contributed by atoms with Gasteiger partial charge in [0.2, 0.25) is 11.8 Å². The third-order valence-corrected chi connectivity index (χ3v) is 5.81. The van der Waals surface area contributed by atoms with Gasteiger partial charge in [-0.3, -0.25) is 14.4 Å². The van der Waals surface area contributed by atoms with Crippen molar-refractivity contribution in [2.75, 3.05) is 20.2 Å². The molecule has 0 aliphatic heterocycles. The molecular weight excluding hydrogens is 296 g/mol. The van der Waals surface area contributed by atoms with Crippen LogP contribution in [0.1, 0.15) is 44.9 Å². The number of carbonyl (C=O) groups is 3. The first-order chi connectivity index (χ1) is 11.0. The largest absolute Gasteiger partial charge is 0.469 e. The number of ether oxygens (including phenoxy) is 1. The van der Waals surface area contributed by atoms with Gasteiger partial charge in [-0.25, -0.2) is 0 Å². The van der Waals surface area contributed by atoms with E-state index in [1.807, 2.05) is 0 Å². The lowest BCUT2D eigenvalue weighted by molar-refractivity contribution is -0.147. The van der Waals surface area contributed by atoms with Gasteiger partial charge in [-0.1, -0.05) is 0 Å². The van der Waals surface area contributed by atoms with Crippen LogP contribution in [0, 0.1) is 23.2 Å². The zero-order chi connectivity index (χ0) is 16.4. The molecule has 4 fully saturated rings. The summed E-state index contributed by atoms with van der Waals surface area (Å²) in [7, 11) is 1.32. The van der Waals surface area contributed by atoms with Crippen molar-refractivity contribution in [3.05, 3.63) is 0 Å². The molecule has 4 bridgehead atoms. The van der Waals surface area contributed by atoms with E-state index in [2.05, 4.69) is 15.4 Å². The zero-order valence-electron chi connectivity index (χ0n) is 13.7. The Balaban J connectivity index is 1.44. The van der Waals surface area contributed by atoms with Gasteiger partial charge in [-0.2, -0.15) is 0 Å². The smallest absolute Gasteiger partial charge is 0.307 e. The highest BCUT2D eigenvalue weighted by molar-refractivity contribution is 5.88. The summed E-state index contributed by atoms with van der Waals surface area (Å²) in [5, 5.41) is 5.45. The predicted octanol–water partition coefficient (Wildman–Crippen LogP) is 0.998. The number of hydrogen-bond donors (Lipinski definition) is 2. The van der Waals surface area contributed by atoms with Gasteiger partial charge in [0.1, 0.15) is 0 Å². The van der Waals surface area contributed by atoms with Crippen LogP contribution in [0.15, 0.2) is 0 Å². The molecule has 6 heteroatoms. The summed E-state index contributed by atoms with van der Waals surface area (Å²) < 4.78 is 4.51. The summed E-state index contributed by atoms with van der Waals surface area (Å²) in [4.78, 5) is 35.4. The molecule has 128 valence electrons. The van der Waals surface area contributed by atoms with E-state index in [0.717, 1.165) is 19.3 Å². The van der Waals surface area contributed by atoms with Gasteiger partial charge in [0.05, 0.1) is 20.1 Å². The van der Waals surface area contributed by atoms with Crippen LogP contribution in [-0.4, -0.2) is 38.0 Å². The first kappa shape index (κ1) is 16.3. The van der Waals surface area contributed by atoms with Crippen molar-refractivity contribution in [3.8, 4) is 0 Å². The van der Waals surface area contributed by atoms with E-state index < -0.39 is 0 Å². The molecule has 0 aromatic carbocycles. The number of rotatable bonds is 6. The van der Waals surface area contributed by atoms with Crippen LogP contribution in [-0.2, 0) is 19.1 Å². The lowest BCUT2D eigenvalue weighted by atomic mass is 9.49. The highest BCUT2D eigenvalue weighted by atomic mass is 16.5. The number of esters is 1. The second-order valence-electron chi connectivity index (χ2n) is 7.56. The summed E-state index contributed by atoms with van der Waals surface area (Å²) in [6.07, 6.45) is 7.01. The topological polar surface area (TPSA) is 84.5 Å². The minimum Gasteiger partial charge on any atom is -0.469 e. The maximum Gasteiger partial charge on any atom is 0.307 e. The normalized spacial score (nSPS) is 34.0. The van der Waals surface area contributed by atoms with E-state index in [1.54, 1.807) is 0 Å². The van der Waals surface area contributed by atoms with Crippen LogP contribution in [0.5, 0.6) is 0 Å². The van der Waals surface area contributed by atoms with Crippen molar-refractivity contribution in [2.45, 2.75) is 44.9 Å². The molecule has 4 aliphatic carbocycles. The van der Waals surface area contributed by atoms with E-state index in [4.69, 9.17) is 0 Å². The number of nitrogens with one attached hydrogen (secondary N) is 2. The molecule has 0 spiro atoms. The van der Waals surface area contributed by atoms with E-state index in [9.17, 15) is 14.4 Å². The highest BCUT2D eigenvalue weighted by Crippen LogP contribution is 2.60. The number of methoxy groups -OCH3 is 1. The van der Waals surface area contributed by atoms with Crippen LogP contribution < -0.4 is 10.6 Å². The third-order valence-electron chi connectivity index (χ3n) is 5.81. The number of hydrogen-bond acceptors (Lipinski definition) is 4. The van der Waals surface area contributed by atoms with Crippen molar-refractivity contribution in [3.63, 3.8) is 0 Å². The van der Waals surface area contributed by atoms with Crippen LogP contribution in [0.3, 0.4) is 0 Å². The van der Waals surface area contributed by atoms with Crippen molar-refractivity contribution in [1.82, 2.24) is 10.6 Å². The van der Waals surface area contributed by atoms with Crippen LogP contribution in [0.25, 0.3) is 0 Å². The molecule has 0 radical (unpaired) electrons. The van der Waals surface area contributed by atoms with Crippen molar-refractivity contribution >= 4 is 17.8 Å². The Hall–Kier alpha value is -1.59. The second kappa shape index (κ2) is 6.49. The Morgan fingerprint density at radius 2 is 1.57 bits per heavy atom. The summed E-state index contributed by atoms with van der Waals surface area (Å²) in [5.74, 6) is 1.57. The summed E-state index contributed by atoms with van der Waals surface area (Å²) >= 11 is 0. The van der Waals surface area contributed by atoms with Gasteiger partial charge in [0.25, 0.3) is 0 Å². The van der Waals surface area contributed by atoms with E-state index in [-0.39, 0.29) is 42.7 Å². The van der Waals surface area contributed by atoms with E-state index >= 15 is 0 Å². The summed E-state index contributed by atoms with van der Waals surface area (Å²) in [5.41, 5.74) is -0.221. The Kier molecular flexibility index (Phi) is 4.60. The van der Waals surface area contributed by atoms with Crippen LogP contribution in [0.2, 0.25) is 0 Å². The minimum absolute atomic E-state index is 0.0121. The molecule has 6 nitrogen and oxygen atoms in total. The van der Waals surface area contributed by atoms with Crippen LogP contribution >= 0.6 is 0 Å². The molecule has 0 unspecified atom stereocenters. The maximum atomic E-state index is 12.7. The zero-order valence-corrected chi connectivity index (χ0v) is 13.7. The molecule has 0 aromatic rings. The van der Waals surface area contributed by atoms with Gasteiger partial charge in [0, 0.05) is 12.0 Å². The molecule has 2 N–H and O–H groups in total. The third kappa shape index (κ3) is 3.51. The Morgan fingerprint density at radius 1 is 1.00 bits per heavy atom. The monoisotopic (exact) mass is 322 g/mol. The van der Waals surface area contributed by atoms with Gasteiger partial charge in [-0.05, 0) is 56.3 Å². The molecule has 2 amide bonds. The molecular formula is C17H26N2O4. The fourth-order valence-electron chi connectivity index (χ4n) is 5.21. The predicted molar refractivity (Wildman–Crippen MR) is 83.3 cm³/mol. The summed E-state index contributed by atoms with van der Waals surface area (Å²) in [6.45, 7) is 0.223. The average Bonchev–Trinajstić information content (AvgIpc) is 2.51. The lowest BCUT2D eigenvalue weighted by Crippen LogP contribution is -2.54. The Bertz CT molecular complexity index is 468. The first-order valence-electron chi connectivity index (χ1n) is 8.62. The van der Waals surface area contributed by atoms with Gasteiger partial charge in [0.15, 0.2) is 0 Å². The van der Waals surface area contributed by atoms with E-state index in [1.165, 1.54) is 26.4 Å². The quantitative estimate of drug-likeness (QED) is 0.715. The minimum atomic E-state index is -0.358. The van der Waals surface area contributed by atoms with Gasteiger partial charge < -0.3 is 15.4 Å². The SMILES string of the molecule is COC(=O)CCNC(=O)CNC(=O)C12CC3CC(CC(C3)C1)C2. The molecule has 4 rings (SSSR count). The van der Waals surface area contributed by atoms with Crippen molar-refractivity contribution < 1.29 is 19.1 Å². The standard InChI is InChI=1S/C17H26N2O4/c1-23-15(21)2-3-18-14(20)10-19-16(22)17-7-11-4-12(8-17)6-13(5-11)9-17/h11-13H,2-10H2,1H3,(H,18,20)(H,19,22). The molecule has 4 saturated carbocycles. The Morgan fingerprint density at radius 3 is 2.09 bits per heavy atom. The van der Waals surface area contributed by atoms with Crippen molar-refractivity contribution in [2.24, 2.45) is 23.2 Å². The lowest BCUT2D eigenvalue weighted by Gasteiger charge is -2.55. The fourth-order valence-corrected chi connectivity index (χ4v) is 5.21. The average molecular weight is 322 g/mol. The molecule has 0 aromatic heterocycles. The molecule has 4 aliphatic rings. The fraction of sp³-hybridized carbons (Fsp3) is 0.824. The number of amides is 2. The Labute approximate surface area is 136 Å². The van der Waals surface area contributed by atoms with Gasteiger partial charge >= 0.3 is 5.97 Å². The van der Waals surface area contributed by atoms with E-state index in [0.29, 0.717) is 17.8 Å². The molecule has 0 atom stereocenters. The first-order valence-corrected chi connectivity index (χ1v) is 8.62. The highest BCUT2D eigenvalue weighted by Gasteiger charge is 2.54. The number of carbonyl (C=O) groups excluding carboxylic acids is 3. The second-order valence-corrected chi connectivity index (χ2v) is 7.56.